The maximum Gasteiger partial charge on any atom is 0.166 e. The fourth-order valence-corrected chi connectivity index (χ4v) is 5.27. The van der Waals surface area contributed by atoms with Gasteiger partial charge < -0.3 is 11.1 Å². The Balaban J connectivity index is 1.46. The second-order valence-corrected chi connectivity index (χ2v) is 8.69. The van der Waals surface area contributed by atoms with Crippen LogP contribution in [0.1, 0.15) is 28.8 Å². The number of anilines is 1. The molecule has 7 heteroatoms. The van der Waals surface area contributed by atoms with Gasteiger partial charge >= 0.3 is 0 Å². The van der Waals surface area contributed by atoms with E-state index in [4.69, 9.17) is 15.7 Å². The van der Waals surface area contributed by atoms with Gasteiger partial charge in [-0.1, -0.05) is 30.3 Å². The molecule has 29 heavy (non-hydrogen) atoms. The number of fused-ring (bicyclic) bond motifs is 3. The lowest BCUT2D eigenvalue weighted by Crippen LogP contribution is -2.31. The van der Waals surface area contributed by atoms with Crippen molar-refractivity contribution >= 4 is 27.4 Å². The number of H-pyrrole nitrogens is 1. The summed E-state index contributed by atoms with van der Waals surface area (Å²) in [6.07, 6.45) is 9.16. The van der Waals surface area contributed by atoms with Crippen molar-refractivity contribution in [2.75, 3.05) is 11.9 Å². The van der Waals surface area contributed by atoms with E-state index in [1.165, 1.54) is 34.2 Å². The molecule has 0 saturated carbocycles. The Morgan fingerprint density at radius 1 is 1.14 bits per heavy atom. The van der Waals surface area contributed by atoms with Gasteiger partial charge in [0, 0.05) is 23.7 Å². The van der Waals surface area contributed by atoms with E-state index in [9.17, 15) is 0 Å². The zero-order valence-electron chi connectivity index (χ0n) is 16.2. The zero-order valence-corrected chi connectivity index (χ0v) is 17.0. The van der Waals surface area contributed by atoms with Crippen LogP contribution in [-0.4, -0.2) is 32.8 Å². The van der Waals surface area contributed by atoms with Gasteiger partial charge in [0.15, 0.2) is 5.82 Å². The van der Waals surface area contributed by atoms with Crippen molar-refractivity contribution in [2.45, 2.75) is 38.1 Å². The predicted octanol–water partition coefficient (Wildman–Crippen LogP) is 3.94. The van der Waals surface area contributed by atoms with Crippen LogP contribution in [0, 0.1) is 0 Å². The van der Waals surface area contributed by atoms with Gasteiger partial charge in [0.05, 0.1) is 17.1 Å². The molecule has 0 fully saturated rings. The largest absolute Gasteiger partial charge is 0.368 e. The van der Waals surface area contributed by atoms with Crippen LogP contribution < -0.4 is 11.1 Å². The molecule has 0 aliphatic heterocycles. The standard InChI is InChI=1S/C22H24N6S/c23-16(10-14-6-2-1-3-7-14)13-24-21-19-17-8-4-5-9-18(17)29-22(19)28-20(27-21)15-11-25-26-12-15/h1-3,6-7,11-12,16H,4-5,8-10,13,23H2,(H,25,26)(H,24,27,28)/t16-/m0/s1. The number of aromatic amines is 1. The minimum atomic E-state index is 0.00857. The maximum absolute atomic E-state index is 6.43. The Bertz CT molecular complexity index is 1100. The van der Waals surface area contributed by atoms with Crippen molar-refractivity contribution in [1.29, 1.82) is 0 Å². The normalized spacial score (nSPS) is 14.7. The highest BCUT2D eigenvalue weighted by Crippen LogP contribution is 2.39. The van der Waals surface area contributed by atoms with E-state index in [0.717, 1.165) is 35.5 Å². The van der Waals surface area contributed by atoms with Crippen LogP contribution in [-0.2, 0) is 19.3 Å². The highest BCUT2D eigenvalue weighted by atomic mass is 32.1. The third kappa shape index (κ3) is 3.75. The van der Waals surface area contributed by atoms with Crippen molar-refractivity contribution < 1.29 is 0 Å². The van der Waals surface area contributed by atoms with Gasteiger partial charge in [-0.25, -0.2) is 9.97 Å². The molecule has 1 atom stereocenters. The summed E-state index contributed by atoms with van der Waals surface area (Å²) in [5.74, 6) is 1.60. The molecular formula is C22H24N6S. The van der Waals surface area contributed by atoms with Crippen LogP contribution in [0.15, 0.2) is 42.7 Å². The summed E-state index contributed by atoms with van der Waals surface area (Å²) in [6.45, 7) is 0.663. The third-order valence-corrected chi connectivity index (χ3v) is 6.63. The van der Waals surface area contributed by atoms with Gasteiger partial charge in [-0.15, -0.1) is 11.3 Å². The number of aryl methyl sites for hydroxylation is 2. The van der Waals surface area contributed by atoms with Crippen molar-refractivity contribution in [3.8, 4) is 11.4 Å². The number of nitrogens with zero attached hydrogens (tertiary/aromatic N) is 3. The van der Waals surface area contributed by atoms with E-state index in [0.29, 0.717) is 12.4 Å². The van der Waals surface area contributed by atoms with E-state index >= 15 is 0 Å². The Hall–Kier alpha value is -2.77. The van der Waals surface area contributed by atoms with E-state index < -0.39 is 0 Å². The Morgan fingerprint density at radius 2 is 2.00 bits per heavy atom. The van der Waals surface area contributed by atoms with Gasteiger partial charge in [0.25, 0.3) is 0 Å². The number of hydrogen-bond acceptors (Lipinski definition) is 6. The summed E-state index contributed by atoms with van der Waals surface area (Å²) in [4.78, 5) is 12.2. The molecule has 0 bridgehead atoms. The summed E-state index contributed by atoms with van der Waals surface area (Å²) in [6, 6.07) is 10.4. The fourth-order valence-electron chi connectivity index (χ4n) is 4.00. The molecule has 148 valence electrons. The van der Waals surface area contributed by atoms with E-state index in [1.807, 2.05) is 23.6 Å². The Kier molecular flexibility index (Phi) is 4.99. The molecule has 1 aliphatic rings. The SMILES string of the molecule is N[C@H](CNc1nc(-c2cn[nH]c2)nc2sc3c(c12)CCCC3)Cc1ccccc1. The molecule has 1 aliphatic carbocycles. The zero-order chi connectivity index (χ0) is 19.6. The van der Waals surface area contributed by atoms with Crippen LogP contribution in [0.4, 0.5) is 5.82 Å². The summed E-state index contributed by atoms with van der Waals surface area (Å²) in [7, 11) is 0. The number of rotatable bonds is 6. The number of benzene rings is 1. The Morgan fingerprint density at radius 3 is 2.83 bits per heavy atom. The van der Waals surface area contributed by atoms with Crippen molar-refractivity contribution in [3.05, 3.63) is 58.7 Å². The molecule has 3 aromatic heterocycles. The third-order valence-electron chi connectivity index (χ3n) is 5.44. The number of hydrogen-bond donors (Lipinski definition) is 3. The summed E-state index contributed by atoms with van der Waals surface area (Å²) < 4.78 is 0. The topological polar surface area (TPSA) is 92.5 Å². The van der Waals surface area contributed by atoms with E-state index in [1.54, 1.807) is 6.20 Å². The quantitative estimate of drug-likeness (QED) is 0.453. The monoisotopic (exact) mass is 404 g/mol. The second kappa shape index (κ2) is 7.93. The fraction of sp³-hybridized carbons (Fsp3) is 0.318. The summed E-state index contributed by atoms with van der Waals surface area (Å²) >= 11 is 1.81. The second-order valence-electron chi connectivity index (χ2n) is 7.60. The number of thiophene rings is 1. The first-order valence-corrected chi connectivity index (χ1v) is 10.9. The smallest absolute Gasteiger partial charge is 0.166 e. The highest BCUT2D eigenvalue weighted by Gasteiger charge is 2.22. The molecule has 6 nitrogen and oxygen atoms in total. The average molecular weight is 405 g/mol. The van der Waals surface area contributed by atoms with Crippen molar-refractivity contribution in [3.63, 3.8) is 0 Å². The first kappa shape index (κ1) is 18.3. The summed E-state index contributed by atoms with van der Waals surface area (Å²) in [5.41, 5.74) is 10.00. The minimum absolute atomic E-state index is 0.00857. The van der Waals surface area contributed by atoms with Crippen molar-refractivity contribution in [1.82, 2.24) is 20.2 Å². The lowest BCUT2D eigenvalue weighted by molar-refractivity contribution is 0.695. The van der Waals surface area contributed by atoms with Crippen LogP contribution >= 0.6 is 11.3 Å². The molecule has 4 aromatic rings. The molecule has 0 amide bonds. The number of nitrogens with one attached hydrogen (secondary N) is 2. The molecule has 3 heterocycles. The van der Waals surface area contributed by atoms with Crippen LogP contribution in [0.3, 0.4) is 0 Å². The van der Waals surface area contributed by atoms with E-state index in [-0.39, 0.29) is 6.04 Å². The maximum atomic E-state index is 6.43. The highest BCUT2D eigenvalue weighted by molar-refractivity contribution is 7.19. The molecular weight excluding hydrogens is 380 g/mol. The molecule has 0 radical (unpaired) electrons. The van der Waals surface area contributed by atoms with Gasteiger partial charge in [-0.05, 0) is 43.2 Å². The molecule has 5 rings (SSSR count). The summed E-state index contributed by atoms with van der Waals surface area (Å²) in [5, 5.41) is 11.6. The van der Waals surface area contributed by atoms with Crippen LogP contribution in [0.5, 0.6) is 0 Å². The Labute approximate surface area is 173 Å². The van der Waals surface area contributed by atoms with Gasteiger partial charge in [0.2, 0.25) is 0 Å². The van der Waals surface area contributed by atoms with Crippen molar-refractivity contribution in [2.24, 2.45) is 5.73 Å². The van der Waals surface area contributed by atoms with Crippen LogP contribution in [0.2, 0.25) is 0 Å². The number of aromatic nitrogens is 4. The van der Waals surface area contributed by atoms with Gasteiger partial charge in [-0.3, -0.25) is 5.10 Å². The minimum Gasteiger partial charge on any atom is -0.368 e. The van der Waals surface area contributed by atoms with E-state index in [2.05, 4.69) is 39.8 Å². The van der Waals surface area contributed by atoms with Crippen LogP contribution in [0.25, 0.3) is 21.6 Å². The average Bonchev–Trinajstić information content (AvgIpc) is 3.40. The molecule has 0 spiro atoms. The first-order chi connectivity index (χ1) is 14.3. The lowest BCUT2D eigenvalue weighted by atomic mass is 9.97. The van der Waals surface area contributed by atoms with Gasteiger partial charge in [-0.2, -0.15) is 5.10 Å². The predicted molar refractivity (Wildman–Crippen MR) is 118 cm³/mol. The van der Waals surface area contributed by atoms with Gasteiger partial charge in [0.1, 0.15) is 10.6 Å². The molecule has 0 saturated heterocycles. The molecule has 0 unspecified atom stereocenters. The lowest BCUT2D eigenvalue weighted by Gasteiger charge is -2.16. The first-order valence-electron chi connectivity index (χ1n) is 10.1. The molecule has 1 aromatic carbocycles. The number of nitrogens with two attached hydrogens (primary N) is 1. The molecule has 4 N–H and O–H groups in total.